The molecule has 2 unspecified atom stereocenters. The molecule has 2 atom stereocenters. The summed E-state index contributed by atoms with van der Waals surface area (Å²) in [5.74, 6) is 0.653. The summed E-state index contributed by atoms with van der Waals surface area (Å²) in [5.41, 5.74) is 3.62. The normalized spacial score (nSPS) is 15.1. The lowest BCUT2D eigenvalue weighted by atomic mass is 9.97. The number of fused-ring (bicyclic) bond motifs is 1. The van der Waals surface area contributed by atoms with E-state index in [-0.39, 0.29) is 11.9 Å². The van der Waals surface area contributed by atoms with Crippen molar-refractivity contribution in [3.63, 3.8) is 0 Å². The highest BCUT2D eigenvalue weighted by Crippen LogP contribution is 2.35. The largest absolute Gasteiger partial charge is 0.486 e. The van der Waals surface area contributed by atoms with Crippen LogP contribution in [0.5, 0.6) is 11.5 Å². The zero-order chi connectivity index (χ0) is 22.8. The zero-order valence-electron chi connectivity index (χ0n) is 18.6. The average Bonchev–Trinajstić information content (AvgIpc) is 2.71. The third-order valence-electron chi connectivity index (χ3n) is 5.39. The minimum atomic E-state index is -3.73. The van der Waals surface area contributed by atoms with Crippen molar-refractivity contribution < 1.29 is 22.7 Å². The first-order chi connectivity index (χ1) is 14.6. The van der Waals surface area contributed by atoms with E-state index < -0.39 is 16.1 Å². The molecule has 3 rings (SSSR count). The molecule has 0 bridgehead atoms. The van der Waals surface area contributed by atoms with Crippen LogP contribution in [-0.4, -0.2) is 39.8 Å². The molecule has 1 amide bonds. The number of nitrogens with one attached hydrogen (secondary N) is 1. The van der Waals surface area contributed by atoms with Crippen molar-refractivity contribution in [3.05, 3.63) is 53.1 Å². The lowest BCUT2D eigenvalue weighted by Gasteiger charge is -2.31. The standard InChI is InChI=1S/C23H30N2O5S/c1-6-20(19-9-7-15(2)13-16(19)3)24-23(26)17(4)25(31(5,27)28)18-8-10-21-22(14-18)30-12-11-29-21/h7-10,13-14,17,20H,6,11-12H2,1-5H3,(H,24,26). The maximum Gasteiger partial charge on any atom is 0.244 e. The van der Waals surface area contributed by atoms with Gasteiger partial charge in [0.15, 0.2) is 11.5 Å². The first-order valence-electron chi connectivity index (χ1n) is 10.4. The maximum absolute atomic E-state index is 13.1. The number of ether oxygens (including phenoxy) is 2. The van der Waals surface area contributed by atoms with Crippen molar-refractivity contribution in [1.29, 1.82) is 0 Å². The van der Waals surface area contributed by atoms with Gasteiger partial charge in [0, 0.05) is 6.07 Å². The number of hydrogen-bond donors (Lipinski definition) is 1. The van der Waals surface area contributed by atoms with E-state index in [1.807, 2.05) is 32.9 Å². The number of rotatable bonds is 7. The molecule has 1 N–H and O–H groups in total. The van der Waals surface area contributed by atoms with E-state index in [2.05, 4.69) is 11.4 Å². The van der Waals surface area contributed by atoms with Crippen molar-refractivity contribution in [2.45, 2.75) is 46.2 Å². The molecule has 0 aromatic heterocycles. The molecule has 0 spiro atoms. The van der Waals surface area contributed by atoms with Crippen LogP contribution >= 0.6 is 0 Å². The maximum atomic E-state index is 13.1. The second kappa shape index (κ2) is 9.18. The van der Waals surface area contributed by atoms with Crippen molar-refractivity contribution in [3.8, 4) is 11.5 Å². The first kappa shape index (κ1) is 22.9. The molecule has 168 valence electrons. The summed E-state index contributed by atoms with van der Waals surface area (Å²) in [6.45, 7) is 8.44. The van der Waals surface area contributed by atoms with E-state index in [0.29, 0.717) is 36.8 Å². The minimum Gasteiger partial charge on any atom is -0.486 e. The average molecular weight is 447 g/mol. The molecule has 0 radical (unpaired) electrons. The predicted octanol–water partition coefficient (Wildman–Crippen LogP) is 3.50. The molecule has 0 saturated carbocycles. The lowest BCUT2D eigenvalue weighted by molar-refractivity contribution is -0.122. The summed E-state index contributed by atoms with van der Waals surface area (Å²) in [4.78, 5) is 13.1. The van der Waals surface area contributed by atoms with Crippen LogP contribution in [0.4, 0.5) is 5.69 Å². The number of carbonyl (C=O) groups is 1. The number of amides is 1. The Kier molecular flexibility index (Phi) is 6.79. The van der Waals surface area contributed by atoms with Gasteiger partial charge in [-0.05, 0) is 50.5 Å². The van der Waals surface area contributed by atoms with Crippen LogP contribution in [0.2, 0.25) is 0 Å². The van der Waals surface area contributed by atoms with Gasteiger partial charge in [-0.3, -0.25) is 9.10 Å². The van der Waals surface area contributed by atoms with Crippen LogP contribution in [0.15, 0.2) is 36.4 Å². The van der Waals surface area contributed by atoms with Crippen molar-refractivity contribution >= 4 is 21.6 Å². The van der Waals surface area contributed by atoms with Crippen LogP contribution < -0.4 is 19.1 Å². The summed E-state index contributed by atoms with van der Waals surface area (Å²) in [6, 6.07) is 9.83. The SMILES string of the molecule is CCC(NC(=O)C(C)N(c1ccc2c(c1)OCCO2)S(C)(=O)=O)c1ccc(C)cc1C. The van der Waals surface area contributed by atoms with Crippen LogP contribution in [0.1, 0.15) is 43.0 Å². The summed E-state index contributed by atoms with van der Waals surface area (Å²) in [7, 11) is -3.73. The van der Waals surface area contributed by atoms with Gasteiger partial charge in [0.25, 0.3) is 0 Å². The van der Waals surface area contributed by atoms with Crippen molar-refractivity contribution in [2.75, 3.05) is 23.8 Å². The van der Waals surface area contributed by atoms with E-state index >= 15 is 0 Å². The molecular formula is C23H30N2O5S. The van der Waals surface area contributed by atoms with E-state index in [4.69, 9.17) is 9.47 Å². The highest BCUT2D eigenvalue weighted by atomic mass is 32.2. The molecule has 7 nitrogen and oxygen atoms in total. The second-order valence-electron chi connectivity index (χ2n) is 7.89. The molecule has 0 saturated heterocycles. The van der Waals surface area contributed by atoms with Gasteiger partial charge in [-0.25, -0.2) is 8.42 Å². The molecule has 2 aromatic carbocycles. The molecule has 31 heavy (non-hydrogen) atoms. The predicted molar refractivity (Wildman–Crippen MR) is 121 cm³/mol. The van der Waals surface area contributed by atoms with Crippen molar-refractivity contribution in [2.24, 2.45) is 0 Å². The Morgan fingerprint density at radius 2 is 1.77 bits per heavy atom. The van der Waals surface area contributed by atoms with Gasteiger partial charge in [-0.1, -0.05) is 30.7 Å². The van der Waals surface area contributed by atoms with E-state index in [0.717, 1.165) is 27.3 Å². The van der Waals surface area contributed by atoms with Gasteiger partial charge in [0.2, 0.25) is 15.9 Å². The minimum absolute atomic E-state index is 0.211. The fourth-order valence-electron chi connectivity index (χ4n) is 3.89. The Balaban J connectivity index is 1.87. The Hall–Kier alpha value is -2.74. The number of carbonyl (C=O) groups excluding carboxylic acids is 1. The Morgan fingerprint density at radius 1 is 1.10 bits per heavy atom. The summed E-state index contributed by atoms with van der Waals surface area (Å²) < 4.78 is 37.5. The quantitative estimate of drug-likeness (QED) is 0.704. The molecule has 2 aromatic rings. The molecule has 0 fully saturated rings. The molecule has 8 heteroatoms. The molecular weight excluding hydrogens is 416 g/mol. The van der Waals surface area contributed by atoms with Gasteiger partial charge in [-0.2, -0.15) is 0 Å². The number of hydrogen-bond acceptors (Lipinski definition) is 5. The van der Waals surface area contributed by atoms with Gasteiger partial charge in [0.1, 0.15) is 19.3 Å². The number of benzene rings is 2. The topological polar surface area (TPSA) is 84.9 Å². The van der Waals surface area contributed by atoms with E-state index in [9.17, 15) is 13.2 Å². The van der Waals surface area contributed by atoms with Crippen LogP contribution in [-0.2, 0) is 14.8 Å². The van der Waals surface area contributed by atoms with E-state index in [1.54, 1.807) is 25.1 Å². The number of anilines is 1. The van der Waals surface area contributed by atoms with Crippen LogP contribution in [0.25, 0.3) is 0 Å². The van der Waals surface area contributed by atoms with Gasteiger partial charge in [-0.15, -0.1) is 0 Å². The second-order valence-corrected chi connectivity index (χ2v) is 9.75. The Morgan fingerprint density at radius 3 is 2.39 bits per heavy atom. The number of aryl methyl sites for hydroxylation is 2. The third-order valence-corrected chi connectivity index (χ3v) is 6.64. The summed E-state index contributed by atoms with van der Waals surface area (Å²) in [6.07, 6.45) is 1.78. The van der Waals surface area contributed by atoms with Gasteiger partial charge >= 0.3 is 0 Å². The van der Waals surface area contributed by atoms with E-state index in [1.165, 1.54) is 0 Å². The number of nitrogens with zero attached hydrogens (tertiary/aromatic N) is 1. The van der Waals surface area contributed by atoms with Gasteiger partial charge in [0.05, 0.1) is 18.0 Å². The van der Waals surface area contributed by atoms with Crippen LogP contribution in [0, 0.1) is 13.8 Å². The summed E-state index contributed by atoms with van der Waals surface area (Å²) >= 11 is 0. The number of sulfonamides is 1. The first-order valence-corrected chi connectivity index (χ1v) is 12.2. The van der Waals surface area contributed by atoms with Crippen molar-refractivity contribution in [1.82, 2.24) is 5.32 Å². The Bertz CT molecular complexity index is 1070. The fourth-order valence-corrected chi connectivity index (χ4v) is 5.05. The zero-order valence-corrected chi connectivity index (χ0v) is 19.5. The summed E-state index contributed by atoms with van der Waals surface area (Å²) in [5, 5.41) is 3.03. The smallest absolute Gasteiger partial charge is 0.244 e. The highest BCUT2D eigenvalue weighted by molar-refractivity contribution is 7.92. The molecule has 1 aliphatic rings. The van der Waals surface area contributed by atoms with Crippen LogP contribution in [0.3, 0.4) is 0 Å². The fraction of sp³-hybridized carbons (Fsp3) is 0.435. The lowest BCUT2D eigenvalue weighted by Crippen LogP contribution is -2.48. The Labute approximate surface area is 184 Å². The molecule has 1 heterocycles. The monoisotopic (exact) mass is 446 g/mol. The highest BCUT2D eigenvalue weighted by Gasteiger charge is 2.31. The molecule has 0 aliphatic carbocycles. The molecule has 1 aliphatic heterocycles. The third kappa shape index (κ3) is 5.12. The van der Waals surface area contributed by atoms with Gasteiger partial charge < -0.3 is 14.8 Å².